The van der Waals surface area contributed by atoms with Gasteiger partial charge in [0.05, 0.1) is 29.7 Å². The van der Waals surface area contributed by atoms with Crippen LogP contribution in [0.1, 0.15) is 22.8 Å². The predicted molar refractivity (Wildman–Crippen MR) is 132 cm³/mol. The summed E-state index contributed by atoms with van der Waals surface area (Å²) in [5.41, 5.74) is 1.62. The zero-order valence-electron chi connectivity index (χ0n) is 18.7. The number of rotatable bonds is 3. The van der Waals surface area contributed by atoms with Gasteiger partial charge in [-0.05, 0) is 66.1 Å². The number of amides is 2. The van der Waals surface area contributed by atoms with Gasteiger partial charge in [-0.2, -0.15) is 0 Å². The van der Waals surface area contributed by atoms with E-state index in [4.69, 9.17) is 4.74 Å². The highest BCUT2D eigenvalue weighted by molar-refractivity contribution is 8.00. The number of phenols is 1. The van der Waals surface area contributed by atoms with E-state index in [1.54, 1.807) is 55.3 Å². The molecule has 2 saturated carbocycles. The molecule has 2 aromatic carbocycles. The molecule has 1 saturated heterocycles. The molecule has 4 aliphatic rings. The van der Waals surface area contributed by atoms with E-state index in [2.05, 4.69) is 4.98 Å². The number of aromatic nitrogens is 1. The van der Waals surface area contributed by atoms with Crippen LogP contribution in [-0.2, 0) is 9.59 Å². The highest BCUT2D eigenvalue weighted by Crippen LogP contribution is 2.68. The number of hydrogen-bond donors (Lipinski definition) is 2. The van der Waals surface area contributed by atoms with E-state index in [1.807, 2.05) is 12.1 Å². The Bertz CT molecular complexity index is 1410. The molecule has 2 aliphatic carbocycles. The van der Waals surface area contributed by atoms with Gasteiger partial charge in [0.15, 0.2) is 0 Å². The predicted octanol–water partition coefficient (Wildman–Crippen LogP) is 3.83. The van der Waals surface area contributed by atoms with E-state index in [1.165, 1.54) is 16.2 Å². The number of benzene rings is 2. The van der Waals surface area contributed by atoms with Gasteiger partial charge in [-0.25, -0.2) is 0 Å². The Morgan fingerprint density at radius 1 is 0.971 bits per heavy atom. The first-order valence-corrected chi connectivity index (χ1v) is 13.4. The van der Waals surface area contributed by atoms with Crippen LogP contribution in [-0.4, -0.2) is 34.3 Å². The van der Waals surface area contributed by atoms with Crippen molar-refractivity contribution in [3.05, 3.63) is 68.6 Å². The van der Waals surface area contributed by atoms with Crippen molar-refractivity contribution in [1.29, 1.82) is 0 Å². The van der Waals surface area contributed by atoms with Crippen LogP contribution in [0.5, 0.6) is 11.5 Å². The number of anilines is 1. The molecule has 2 amide bonds. The number of methoxy groups -OCH3 is 1. The fraction of sp³-hybridized carbons (Fsp3) is 0.346. The zero-order valence-corrected chi connectivity index (χ0v) is 20.3. The lowest BCUT2D eigenvalue weighted by Crippen LogP contribution is -2.42. The van der Waals surface area contributed by atoms with Crippen LogP contribution in [0.25, 0.3) is 0 Å². The maximum atomic E-state index is 13.7. The number of H-pyrrole nitrogens is 1. The molecule has 0 radical (unpaired) electrons. The first-order valence-electron chi connectivity index (χ1n) is 11.7. The van der Waals surface area contributed by atoms with Crippen LogP contribution in [0, 0.1) is 29.6 Å². The standard InChI is InChI=1S/C26H22N2O5S2/c1-33-14-8-4-12(5-9-14)28-24(30)19-15-10-16(20(19)25(28)31)21-18(15)17(11-2-6-13(29)7-3-11)22-23(34-21)27-26(32)35-22/h2-9,15-21,29H,10H2,1H3,(H,27,32)/t15-,16-,17?,18?,19?,20?,21?/m1/s1. The van der Waals surface area contributed by atoms with Gasteiger partial charge in [0.25, 0.3) is 0 Å². The average molecular weight is 507 g/mol. The summed E-state index contributed by atoms with van der Waals surface area (Å²) < 4.78 is 5.23. The highest BCUT2D eigenvalue weighted by Gasteiger charge is 2.69. The molecular weight excluding hydrogens is 484 g/mol. The Labute approximate surface area is 209 Å². The lowest BCUT2D eigenvalue weighted by molar-refractivity contribution is -0.123. The van der Waals surface area contributed by atoms with Crippen LogP contribution in [0.15, 0.2) is 58.4 Å². The third-order valence-electron chi connectivity index (χ3n) is 8.31. The van der Waals surface area contributed by atoms with Gasteiger partial charge < -0.3 is 14.8 Å². The molecule has 1 aromatic heterocycles. The third kappa shape index (κ3) is 2.88. The topological polar surface area (TPSA) is 99.7 Å². The van der Waals surface area contributed by atoms with Gasteiger partial charge in [0, 0.05) is 16.0 Å². The molecule has 0 spiro atoms. The highest BCUT2D eigenvalue weighted by atomic mass is 32.2. The van der Waals surface area contributed by atoms with Gasteiger partial charge in [-0.15, -0.1) is 11.8 Å². The number of imide groups is 1. The summed E-state index contributed by atoms with van der Waals surface area (Å²) in [7, 11) is 1.58. The average Bonchev–Trinajstić information content (AvgIpc) is 3.59. The Morgan fingerprint density at radius 3 is 2.34 bits per heavy atom. The maximum Gasteiger partial charge on any atom is 0.305 e. The molecule has 3 heterocycles. The number of carbonyl (C=O) groups excluding carboxylic acids is 2. The second-order valence-electron chi connectivity index (χ2n) is 9.76. The van der Waals surface area contributed by atoms with Gasteiger partial charge in [-0.3, -0.25) is 19.3 Å². The lowest BCUT2D eigenvalue weighted by Gasteiger charge is -2.43. The van der Waals surface area contributed by atoms with Crippen molar-refractivity contribution in [3.63, 3.8) is 0 Å². The fourth-order valence-corrected chi connectivity index (χ4v) is 9.95. The fourth-order valence-electron chi connectivity index (χ4n) is 7.06. The monoisotopic (exact) mass is 506 g/mol. The van der Waals surface area contributed by atoms with Crippen LogP contribution >= 0.6 is 23.1 Å². The van der Waals surface area contributed by atoms with Crippen LogP contribution in [0.2, 0.25) is 0 Å². The van der Waals surface area contributed by atoms with Gasteiger partial charge in [-0.1, -0.05) is 23.5 Å². The molecule has 9 heteroatoms. The number of aromatic hydroxyl groups is 1. The Kier molecular flexibility index (Phi) is 4.54. The quantitative estimate of drug-likeness (QED) is 0.524. The lowest BCUT2D eigenvalue weighted by atomic mass is 9.68. The largest absolute Gasteiger partial charge is 0.508 e. The molecule has 5 unspecified atom stereocenters. The molecule has 35 heavy (non-hydrogen) atoms. The maximum absolute atomic E-state index is 13.7. The van der Waals surface area contributed by atoms with Gasteiger partial charge in [0.2, 0.25) is 11.8 Å². The number of nitrogens with zero attached hydrogens (tertiary/aromatic N) is 1. The first kappa shape index (κ1) is 21.3. The van der Waals surface area contributed by atoms with E-state index < -0.39 is 0 Å². The van der Waals surface area contributed by atoms with E-state index in [9.17, 15) is 19.5 Å². The third-order valence-corrected chi connectivity index (χ3v) is 10.9. The number of carbonyl (C=O) groups is 2. The Hall–Kier alpha value is -3.04. The van der Waals surface area contributed by atoms with Crippen molar-refractivity contribution in [2.45, 2.75) is 22.6 Å². The molecule has 3 fully saturated rings. The summed E-state index contributed by atoms with van der Waals surface area (Å²) in [6.45, 7) is 0. The number of fused-ring (bicyclic) bond motifs is 9. The van der Waals surface area contributed by atoms with Crippen molar-refractivity contribution >= 4 is 40.6 Å². The SMILES string of the molecule is COc1ccc(N2C(=O)C3C(C2=O)[C@@H]2C[C@H]3C3Sc4[nH]c(=O)sc4C(c4ccc(O)cc4)C32)cc1. The van der Waals surface area contributed by atoms with E-state index in [0.717, 1.165) is 21.9 Å². The molecule has 7 nitrogen and oxygen atoms in total. The molecule has 7 rings (SSSR count). The minimum absolute atomic E-state index is 0.0466. The second-order valence-corrected chi connectivity index (χ2v) is 12.0. The second kappa shape index (κ2) is 7.48. The molecular formula is C26H22N2O5S2. The van der Waals surface area contributed by atoms with Gasteiger partial charge in [0.1, 0.15) is 11.5 Å². The van der Waals surface area contributed by atoms with Crippen molar-refractivity contribution < 1.29 is 19.4 Å². The summed E-state index contributed by atoms with van der Waals surface area (Å²) in [4.78, 5) is 45.0. The number of aromatic amines is 1. The summed E-state index contributed by atoms with van der Waals surface area (Å²) in [5, 5.41) is 10.9. The van der Waals surface area contributed by atoms with Crippen molar-refractivity contribution in [2.75, 3.05) is 12.0 Å². The minimum atomic E-state index is -0.340. The zero-order chi connectivity index (χ0) is 24.0. The van der Waals surface area contributed by atoms with Crippen molar-refractivity contribution in [3.8, 4) is 11.5 Å². The number of thiazole rings is 1. The van der Waals surface area contributed by atoms with Crippen LogP contribution < -0.4 is 14.5 Å². The number of thioether (sulfide) groups is 1. The van der Waals surface area contributed by atoms with E-state index in [-0.39, 0.29) is 63.2 Å². The molecule has 7 atom stereocenters. The first-order chi connectivity index (χ1) is 17.0. The number of nitrogens with one attached hydrogen (secondary N) is 1. The number of phenolic OH excluding ortho intramolecular Hbond substituents is 1. The molecule has 2 bridgehead atoms. The van der Waals surface area contributed by atoms with Crippen molar-refractivity contribution in [1.82, 2.24) is 4.98 Å². The van der Waals surface area contributed by atoms with E-state index in [0.29, 0.717) is 11.4 Å². The number of hydrogen-bond acceptors (Lipinski definition) is 7. The molecule has 3 aromatic rings. The molecule has 2 N–H and O–H groups in total. The van der Waals surface area contributed by atoms with Gasteiger partial charge >= 0.3 is 4.87 Å². The Morgan fingerprint density at radius 2 is 1.66 bits per heavy atom. The van der Waals surface area contributed by atoms with E-state index >= 15 is 0 Å². The normalized spacial score (nSPS) is 32.5. The van der Waals surface area contributed by atoms with Crippen LogP contribution in [0.3, 0.4) is 0 Å². The molecule has 178 valence electrons. The molecule has 2 aliphatic heterocycles. The summed E-state index contributed by atoms with van der Waals surface area (Å²) >= 11 is 2.91. The summed E-state index contributed by atoms with van der Waals surface area (Å²) in [6, 6.07) is 14.2. The summed E-state index contributed by atoms with van der Waals surface area (Å²) in [6.07, 6.45) is 0.847. The summed E-state index contributed by atoms with van der Waals surface area (Å²) in [5.74, 6) is 0.217. The van der Waals surface area contributed by atoms with Crippen molar-refractivity contribution in [2.24, 2.45) is 29.6 Å². The number of ether oxygens (including phenoxy) is 1. The Balaban J connectivity index is 1.30. The minimum Gasteiger partial charge on any atom is -0.508 e. The smallest absolute Gasteiger partial charge is 0.305 e. The van der Waals surface area contributed by atoms with Crippen LogP contribution in [0.4, 0.5) is 5.69 Å².